The summed E-state index contributed by atoms with van der Waals surface area (Å²) in [5.41, 5.74) is -0.472. The van der Waals surface area contributed by atoms with E-state index in [1.54, 1.807) is 0 Å². The molecule has 1 amide bonds. The molecule has 0 aromatic carbocycles. The molecule has 0 unspecified atom stereocenters. The second kappa shape index (κ2) is 6.54. The van der Waals surface area contributed by atoms with Gasteiger partial charge in [-0.15, -0.1) is 0 Å². The Morgan fingerprint density at radius 3 is 2.26 bits per heavy atom. The molecule has 0 bridgehead atoms. The summed E-state index contributed by atoms with van der Waals surface area (Å²) >= 11 is 0. The van der Waals surface area contributed by atoms with Crippen molar-refractivity contribution in [1.29, 1.82) is 0 Å². The molecule has 1 aliphatic carbocycles. The lowest BCUT2D eigenvalue weighted by Gasteiger charge is -2.25. The van der Waals surface area contributed by atoms with Gasteiger partial charge in [0.15, 0.2) is 0 Å². The third-order valence-electron chi connectivity index (χ3n) is 3.74. The molecule has 1 rings (SSSR count). The SMILES string of the molecule is CC1(C(=O)N[C@H](CCCC(=O)O)C(=O)O)CCCC1. The van der Waals surface area contributed by atoms with E-state index in [1.165, 1.54) is 0 Å². The van der Waals surface area contributed by atoms with Crippen LogP contribution in [0.3, 0.4) is 0 Å². The van der Waals surface area contributed by atoms with Crippen LogP contribution >= 0.6 is 0 Å². The van der Waals surface area contributed by atoms with Gasteiger partial charge in [0.05, 0.1) is 0 Å². The number of hydrogen-bond donors (Lipinski definition) is 3. The topological polar surface area (TPSA) is 104 Å². The number of carboxylic acid groups (broad SMARTS) is 2. The van der Waals surface area contributed by atoms with Crippen LogP contribution in [0.25, 0.3) is 0 Å². The van der Waals surface area contributed by atoms with E-state index in [1.807, 2.05) is 6.92 Å². The number of carbonyl (C=O) groups is 3. The average Bonchev–Trinajstić information content (AvgIpc) is 2.75. The zero-order chi connectivity index (χ0) is 14.5. The van der Waals surface area contributed by atoms with E-state index in [0.29, 0.717) is 0 Å². The summed E-state index contributed by atoms with van der Waals surface area (Å²) in [6.45, 7) is 1.85. The van der Waals surface area contributed by atoms with Crippen LogP contribution in [0, 0.1) is 5.41 Å². The van der Waals surface area contributed by atoms with Gasteiger partial charge in [0.2, 0.25) is 5.91 Å². The monoisotopic (exact) mass is 271 g/mol. The normalized spacial score (nSPS) is 18.8. The van der Waals surface area contributed by atoms with Crippen molar-refractivity contribution in [1.82, 2.24) is 5.32 Å². The minimum Gasteiger partial charge on any atom is -0.481 e. The summed E-state index contributed by atoms with van der Waals surface area (Å²) in [6, 6.07) is -0.996. The Bertz CT molecular complexity index is 360. The highest BCUT2D eigenvalue weighted by molar-refractivity contribution is 5.87. The van der Waals surface area contributed by atoms with E-state index < -0.39 is 23.4 Å². The first kappa shape index (κ1) is 15.5. The van der Waals surface area contributed by atoms with Crippen LogP contribution in [-0.2, 0) is 14.4 Å². The number of nitrogens with one attached hydrogen (secondary N) is 1. The van der Waals surface area contributed by atoms with Gasteiger partial charge in [-0.2, -0.15) is 0 Å². The number of carboxylic acids is 2. The molecule has 1 fully saturated rings. The summed E-state index contributed by atoms with van der Waals surface area (Å²) in [4.78, 5) is 33.6. The van der Waals surface area contributed by atoms with Gasteiger partial charge in [-0.05, 0) is 25.7 Å². The van der Waals surface area contributed by atoms with Crippen molar-refractivity contribution in [2.75, 3.05) is 0 Å². The van der Waals surface area contributed by atoms with Gasteiger partial charge in [-0.25, -0.2) is 4.79 Å². The molecular weight excluding hydrogens is 250 g/mol. The van der Waals surface area contributed by atoms with Crippen LogP contribution in [0.1, 0.15) is 51.9 Å². The molecule has 0 saturated heterocycles. The summed E-state index contributed by atoms with van der Waals surface area (Å²) in [5.74, 6) is -2.30. The predicted molar refractivity (Wildman–Crippen MR) is 67.6 cm³/mol. The molecule has 0 spiro atoms. The first-order chi connectivity index (χ1) is 8.85. The lowest BCUT2D eigenvalue weighted by molar-refractivity contribution is -0.144. The Morgan fingerprint density at radius 1 is 1.21 bits per heavy atom. The van der Waals surface area contributed by atoms with Crippen molar-refractivity contribution in [2.24, 2.45) is 5.41 Å². The molecule has 1 atom stereocenters. The summed E-state index contributed by atoms with van der Waals surface area (Å²) < 4.78 is 0. The Balaban J connectivity index is 2.51. The smallest absolute Gasteiger partial charge is 0.326 e. The van der Waals surface area contributed by atoms with Gasteiger partial charge in [0.1, 0.15) is 6.04 Å². The van der Waals surface area contributed by atoms with Gasteiger partial charge in [-0.3, -0.25) is 9.59 Å². The molecule has 0 heterocycles. The molecule has 1 saturated carbocycles. The maximum Gasteiger partial charge on any atom is 0.326 e. The van der Waals surface area contributed by atoms with Crippen molar-refractivity contribution < 1.29 is 24.6 Å². The van der Waals surface area contributed by atoms with E-state index in [0.717, 1.165) is 25.7 Å². The van der Waals surface area contributed by atoms with Gasteiger partial charge >= 0.3 is 11.9 Å². The molecule has 0 aromatic heterocycles. The minimum atomic E-state index is -1.11. The molecule has 6 heteroatoms. The predicted octanol–water partition coefficient (Wildman–Crippen LogP) is 1.39. The third kappa shape index (κ3) is 4.54. The number of rotatable bonds is 7. The molecule has 0 aliphatic heterocycles. The first-order valence-corrected chi connectivity index (χ1v) is 6.61. The van der Waals surface area contributed by atoms with Gasteiger partial charge < -0.3 is 15.5 Å². The average molecular weight is 271 g/mol. The number of aliphatic carboxylic acids is 2. The molecular formula is C13H21NO5. The third-order valence-corrected chi connectivity index (χ3v) is 3.74. The lowest BCUT2D eigenvalue weighted by Crippen LogP contribution is -2.46. The highest BCUT2D eigenvalue weighted by atomic mass is 16.4. The minimum absolute atomic E-state index is 0.0864. The zero-order valence-electron chi connectivity index (χ0n) is 11.1. The number of amides is 1. The fraction of sp³-hybridized carbons (Fsp3) is 0.769. The highest BCUT2D eigenvalue weighted by Crippen LogP contribution is 2.37. The van der Waals surface area contributed by atoms with E-state index in [4.69, 9.17) is 10.2 Å². The Morgan fingerprint density at radius 2 is 1.79 bits per heavy atom. The molecule has 3 N–H and O–H groups in total. The molecule has 108 valence electrons. The second-order valence-electron chi connectivity index (χ2n) is 5.42. The van der Waals surface area contributed by atoms with Crippen LogP contribution < -0.4 is 5.32 Å². The van der Waals surface area contributed by atoms with Crippen molar-refractivity contribution >= 4 is 17.8 Å². The summed E-state index contributed by atoms with van der Waals surface area (Å²) in [6.07, 6.45) is 3.83. The standard InChI is InChI=1S/C13H21NO5/c1-13(7-2-3-8-13)12(19)14-9(11(17)18)5-4-6-10(15)16/h9H,2-8H2,1H3,(H,14,19)(H,15,16)(H,17,18)/t9-/m1/s1. The Kier molecular flexibility index (Phi) is 5.32. The quantitative estimate of drug-likeness (QED) is 0.649. The van der Waals surface area contributed by atoms with Crippen LogP contribution in [0.5, 0.6) is 0 Å². The number of carbonyl (C=O) groups excluding carboxylic acids is 1. The lowest BCUT2D eigenvalue weighted by atomic mass is 9.87. The van der Waals surface area contributed by atoms with Crippen molar-refractivity contribution in [3.8, 4) is 0 Å². The summed E-state index contributed by atoms with van der Waals surface area (Å²) in [5, 5.41) is 20.1. The van der Waals surface area contributed by atoms with Crippen molar-refractivity contribution in [3.63, 3.8) is 0 Å². The van der Waals surface area contributed by atoms with E-state index in [9.17, 15) is 14.4 Å². The van der Waals surface area contributed by atoms with Crippen molar-refractivity contribution in [2.45, 2.75) is 57.9 Å². The highest BCUT2D eigenvalue weighted by Gasteiger charge is 2.37. The maximum atomic E-state index is 12.1. The first-order valence-electron chi connectivity index (χ1n) is 6.61. The fourth-order valence-corrected chi connectivity index (χ4v) is 2.43. The molecule has 0 radical (unpaired) electrons. The van der Waals surface area contributed by atoms with E-state index in [-0.39, 0.29) is 25.2 Å². The second-order valence-corrected chi connectivity index (χ2v) is 5.42. The van der Waals surface area contributed by atoms with E-state index >= 15 is 0 Å². The molecule has 0 aromatic rings. The zero-order valence-corrected chi connectivity index (χ0v) is 11.1. The fourth-order valence-electron chi connectivity index (χ4n) is 2.43. The number of hydrogen-bond acceptors (Lipinski definition) is 3. The molecule has 6 nitrogen and oxygen atoms in total. The Hall–Kier alpha value is -1.59. The van der Waals surface area contributed by atoms with Gasteiger partial charge in [0, 0.05) is 11.8 Å². The van der Waals surface area contributed by atoms with Crippen LogP contribution in [0.4, 0.5) is 0 Å². The largest absolute Gasteiger partial charge is 0.481 e. The van der Waals surface area contributed by atoms with Crippen LogP contribution in [-0.4, -0.2) is 34.1 Å². The van der Waals surface area contributed by atoms with Gasteiger partial charge in [0.25, 0.3) is 0 Å². The Labute approximate surface area is 112 Å². The van der Waals surface area contributed by atoms with Crippen molar-refractivity contribution in [3.05, 3.63) is 0 Å². The van der Waals surface area contributed by atoms with Crippen LogP contribution in [0.2, 0.25) is 0 Å². The van der Waals surface area contributed by atoms with Gasteiger partial charge in [-0.1, -0.05) is 19.8 Å². The summed E-state index contributed by atoms with van der Waals surface area (Å²) in [7, 11) is 0. The van der Waals surface area contributed by atoms with Crippen LogP contribution in [0.15, 0.2) is 0 Å². The van der Waals surface area contributed by atoms with E-state index in [2.05, 4.69) is 5.32 Å². The maximum absolute atomic E-state index is 12.1. The molecule has 19 heavy (non-hydrogen) atoms. The molecule has 1 aliphatic rings.